The zero-order valence-corrected chi connectivity index (χ0v) is 13.0. The number of nitrogens with two attached hydrogens (primary N) is 1. The van der Waals surface area contributed by atoms with Crippen LogP contribution in [0.4, 0.5) is 8.78 Å². The summed E-state index contributed by atoms with van der Waals surface area (Å²) in [7, 11) is 0. The molecule has 0 amide bonds. The summed E-state index contributed by atoms with van der Waals surface area (Å²) >= 11 is 8.92. The largest absolute Gasteiger partial charge is 0.462 e. The summed E-state index contributed by atoms with van der Waals surface area (Å²) in [6.45, 7) is 1.29. The number of alkyl halides is 2. The lowest BCUT2D eigenvalue weighted by Gasteiger charge is -2.22. The topological polar surface area (TPSA) is 52.3 Å². The maximum Gasteiger partial charge on any atom is 0.379 e. The van der Waals surface area contributed by atoms with E-state index in [1.54, 1.807) is 6.07 Å². The van der Waals surface area contributed by atoms with E-state index >= 15 is 0 Å². The highest BCUT2D eigenvalue weighted by molar-refractivity contribution is 9.10. The Bertz CT molecular complexity index is 460. The standard InChI is InChI=1S/C11H11BrClF2NO2.ClH/c1-2-18-10(17)11(14,15)9(16)7-5-6(12)3-4-8(7)13;/h3-5,9H,2,16H2,1H3;1H/t9-;/m0./s1. The van der Waals surface area contributed by atoms with Gasteiger partial charge >= 0.3 is 11.9 Å². The van der Waals surface area contributed by atoms with Gasteiger partial charge < -0.3 is 10.5 Å². The van der Waals surface area contributed by atoms with Crippen LogP contribution in [0.2, 0.25) is 5.02 Å². The maximum absolute atomic E-state index is 13.7. The number of carbonyl (C=O) groups is 1. The number of carbonyl (C=O) groups excluding carboxylic acids is 1. The van der Waals surface area contributed by atoms with Crippen molar-refractivity contribution in [1.29, 1.82) is 0 Å². The molecule has 0 fully saturated rings. The number of esters is 1. The lowest BCUT2D eigenvalue weighted by atomic mass is 10.0. The summed E-state index contributed by atoms with van der Waals surface area (Å²) in [6, 6.07) is 2.49. The van der Waals surface area contributed by atoms with Crippen molar-refractivity contribution < 1.29 is 18.3 Å². The van der Waals surface area contributed by atoms with Gasteiger partial charge in [0.2, 0.25) is 0 Å². The van der Waals surface area contributed by atoms with Gasteiger partial charge in [0, 0.05) is 9.50 Å². The third-order valence-electron chi connectivity index (χ3n) is 2.23. The first-order valence-corrected chi connectivity index (χ1v) is 6.23. The van der Waals surface area contributed by atoms with Crippen LogP contribution in [-0.2, 0) is 9.53 Å². The van der Waals surface area contributed by atoms with Crippen LogP contribution in [0.25, 0.3) is 0 Å². The van der Waals surface area contributed by atoms with E-state index in [1.807, 2.05) is 0 Å². The molecule has 8 heteroatoms. The summed E-state index contributed by atoms with van der Waals surface area (Å²) in [5.74, 6) is -5.49. The van der Waals surface area contributed by atoms with E-state index < -0.39 is 17.9 Å². The highest BCUT2D eigenvalue weighted by Gasteiger charge is 2.48. The lowest BCUT2D eigenvalue weighted by molar-refractivity contribution is -0.174. The molecule has 0 saturated carbocycles. The fourth-order valence-electron chi connectivity index (χ4n) is 1.30. The van der Waals surface area contributed by atoms with Crippen molar-refractivity contribution in [2.75, 3.05) is 6.61 Å². The van der Waals surface area contributed by atoms with Gasteiger partial charge in [0.25, 0.3) is 0 Å². The number of halogens is 5. The second kappa shape index (κ2) is 7.38. The quantitative estimate of drug-likeness (QED) is 0.812. The van der Waals surface area contributed by atoms with Crippen molar-refractivity contribution in [3.8, 4) is 0 Å². The zero-order chi connectivity index (χ0) is 13.9. The first kappa shape index (κ1) is 18.6. The Labute approximate surface area is 129 Å². The normalized spacial score (nSPS) is 12.5. The molecule has 2 N–H and O–H groups in total. The van der Waals surface area contributed by atoms with Gasteiger partial charge in [-0.3, -0.25) is 0 Å². The third-order valence-corrected chi connectivity index (χ3v) is 3.07. The summed E-state index contributed by atoms with van der Waals surface area (Å²) in [6.07, 6.45) is 0. The zero-order valence-electron chi connectivity index (χ0n) is 9.83. The van der Waals surface area contributed by atoms with Crippen LogP contribution in [0.15, 0.2) is 22.7 Å². The SMILES string of the molecule is CCOC(=O)C(F)(F)[C@@H](N)c1cc(Br)ccc1Cl.Cl. The number of benzene rings is 1. The molecule has 0 aliphatic carbocycles. The molecule has 1 aromatic carbocycles. The van der Waals surface area contributed by atoms with Crippen molar-refractivity contribution in [2.45, 2.75) is 18.9 Å². The monoisotopic (exact) mass is 377 g/mol. The maximum atomic E-state index is 13.7. The molecule has 0 aromatic heterocycles. The molecule has 1 aromatic rings. The Morgan fingerprint density at radius 3 is 2.68 bits per heavy atom. The fraction of sp³-hybridized carbons (Fsp3) is 0.364. The Morgan fingerprint density at radius 1 is 1.58 bits per heavy atom. The third kappa shape index (κ3) is 4.27. The van der Waals surface area contributed by atoms with Crippen LogP contribution in [0.5, 0.6) is 0 Å². The van der Waals surface area contributed by atoms with E-state index in [4.69, 9.17) is 17.3 Å². The number of rotatable bonds is 4. The minimum atomic E-state index is -3.83. The van der Waals surface area contributed by atoms with Crippen LogP contribution in [0.3, 0.4) is 0 Å². The van der Waals surface area contributed by atoms with Crippen LogP contribution >= 0.6 is 39.9 Å². The summed E-state index contributed by atoms with van der Waals surface area (Å²) < 4.78 is 32.3. The Morgan fingerprint density at radius 2 is 2.16 bits per heavy atom. The number of hydrogen-bond donors (Lipinski definition) is 1. The highest BCUT2D eigenvalue weighted by atomic mass is 79.9. The first-order valence-electron chi connectivity index (χ1n) is 5.06. The molecule has 0 aliphatic heterocycles. The molecule has 0 aliphatic rings. The molecule has 0 heterocycles. The van der Waals surface area contributed by atoms with Crippen LogP contribution < -0.4 is 5.73 Å². The molecule has 1 rings (SSSR count). The summed E-state index contributed by atoms with van der Waals surface area (Å²) in [5.41, 5.74) is 5.39. The predicted octanol–water partition coefficient (Wildman–Crippen LogP) is 3.72. The van der Waals surface area contributed by atoms with E-state index in [0.717, 1.165) is 0 Å². The molecular weight excluding hydrogens is 367 g/mol. The minimum absolute atomic E-state index is 0. The van der Waals surface area contributed by atoms with Crippen molar-refractivity contribution >= 4 is 45.9 Å². The molecule has 3 nitrogen and oxygen atoms in total. The van der Waals surface area contributed by atoms with E-state index in [0.29, 0.717) is 4.47 Å². The van der Waals surface area contributed by atoms with E-state index in [2.05, 4.69) is 20.7 Å². The Kier molecular flexibility index (Phi) is 7.21. The summed E-state index contributed by atoms with van der Waals surface area (Å²) in [4.78, 5) is 11.2. The van der Waals surface area contributed by atoms with E-state index in [-0.39, 0.29) is 29.6 Å². The Hall–Kier alpha value is -0.430. The van der Waals surface area contributed by atoms with Crippen molar-refractivity contribution in [1.82, 2.24) is 0 Å². The average Bonchev–Trinajstić information content (AvgIpc) is 2.31. The fourth-order valence-corrected chi connectivity index (χ4v) is 1.92. The minimum Gasteiger partial charge on any atom is -0.462 e. The van der Waals surface area contributed by atoms with Crippen LogP contribution in [0, 0.1) is 0 Å². The predicted molar refractivity (Wildman–Crippen MR) is 74.9 cm³/mol. The van der Waals surface area contributed by atoms with Crippen molar-refractivity contribution in [2.24, 2.45) is 5.73 Å². The molecule has 0 spiro atoms. The molecule has 108 valence electrons. The molecular formula is C11H12BrCl2F2NO2. The molecule has 1 atom stereocenters. The second-order valence-corrected chi connectivity index (χ2v) is 4.81. The van der Waals surface area contributed by atoms with Crippen molar-refractivity contribution in [3.63, 3.8) is 0 Å². The second-order valence-electron chi connectivity index (χ2n) is 3.49. The number of hydrogen-bond acceptors (Lipinski definition) is 3. The number of ether oxygens (including phenoxy) is 1. The molecule has 0 saturated heterocycles. The van der Waals surface area contributed by atoms with Crippen LogP contribution in [0.1, 0.15) is 18.5 Å². The van der Waals surface area contributed by atoms with Gasteiger partial charge in [0.1, 0.15) is 6.04 Å². The van der Waals surface area contributed by atoms with Gasteiger partial charge in [-0.25, -0.2) is 4.79 Å². The lowest BCUT2D eigenvalue weighted by Crippen LogP contribution is -2.41. The van der Waals surface area contributed by atoms with Gasteiger partial charge in [-0.1, -0.05) is 27.5 Å². The van der Waals surface area contributed by atoms with Crippen LogP contribution in [-0.4, -0.2) is 18.5 Å². The molecule has 0 unspecified atom stereocenters. The van der Waals surface area contributed by atoms with Gasteiger partial charge in [-0.05, 0) is 30.7 Å². The van der Waals surface area contributed by atoms with Gasteiger partial charge in [-0.15, -0.1) is 12.4 Å². The molecule has 0 bridgehead atoms. The van der Waals surface area contributed by atoms with Crippen molar-refractivity contribution in [3.05, 3.63) is 33.3 Å². The smallest absolute Gasteiger partial charge is 0.379 e. The Balaban J connectivity index is 0.00000324. The van der Waals surface area contributed by atoms with E-state index in [1.165, 1.54) is 19.1 Å². The molecule has 0 radical (unpaired) electrons. The average molecular weight is 379 g/mol. The van der Waals surface area contributed by atoms with Gasteiger partial charge in [0.05, 0.1) is 6.61 Å². The van der Waals surface area contributed by atoms with E-state index in [9.17, 15) is 13.6 Å². The highest BCUT2D eigenvalue weighted by Crippen LogP contribution is 2.35. The summed E-state index contributed by atoms with van der Waals surface area (Å²) in [5, 5.41) is 0.0645. The molecule has 19 heavy (non-hydrogen) atoms. The van der Waals surface area contributed by atoms with Gasteiger partial charge in [0.15, 0.2) is 0 Å². The van der Waals surface area contributed by atoms with Gasteiger partial charge in [-0.2, -0.15) is 8.78 Å². The first-order chi connectivity index (χ1) is 8.30.